The van der Waals surface area contributed by atoms with Gasteiger partial charge >= 0.3 is 0 Å². The highest BCUT2D eigenvalue weighted by Gasteiger charge is 2.41. The second-order valence-corrected chi connectivity index (χ2v) is 5.96. The third-order valence-corrected chi connectivity index (χ3v) is 5.05. The molecule has 2 heterocycles. The van der Waals surface area contributed by atoms with E-state index in [1.165, 1.54) is 51.5 Å². The fraction of sp³-hybridized carbons (Fsp3) is 1.00. The van der Waals surface area contributed by atoms with Gasteiger partial charge in [-0.15, -0.1) is 0 Å². The largest absolute Gasteiger partial charge is 0.363 e. The molecule has 2 heteroatoms. The van der Waals surface area contributed by atoms with Crippen molar-refractivity contribution >= 4 is 0 Å². The van der Waals surface area contributed by atoms with Gasteiger partial charge in [0, 0.05) is 12.6 Å². The molecule has 0 unspecified atom stereocenters. The average molecular weight is 223 g/mol. The summed E-state index contributed by atoms with van der Waals surface area (Å²) >= 11 is 0. The van der Waals surface area contributed by atoms with Gasteiger partial charge in [-0.1, -0.05) is 13.3 Å². The molecule has 0 aromatic heterocycles. The van der Waals surface area contributed by atoms with Gasteiger partial charge in [0.15, 0.2) is 0 Å². The smallest absolute Gasteiger partial charge is 0.0996 e. The van der Waals surface area contributed by atoms with Crippen molar-refractivity contribution in [1.82, 2.24) is 4.90 Å². The quantitative estimate of drug-likeness (QED) is 0.677. The van der Waals surface area contributed by atoms with Crippen LogP contribution in [0, 0.1) is 11.8 Å². The Hall–Kier alpha value is -0.0800. The summed E-state index contributed by atoms with van der Waals surface area (Å²) in [7, 11) is 0. The molecular formula is C14H25NO. The third kappa shape index (κ3) is 1.91. The molecule has 0 radical (unpaired) electrons. The van der Waals surface area contributed by atoms with Crippen LogP contribution in [0.3, 0.4) is 0 Å². The van der Waals surface area contributed by atoms with Gasteiger partial charge in [-0.3, -0.25) is 4.90 Å². The number of rotatable bonds is 1. The summed E-state index contributed by atoms with van der Waals surface area (Å²) in [4.78, 5) is 2.66. The summed E-state index contributed by atoms with van der Waals surface area (Å²) in [5, 5.41) is 0. The van der Waals surface area contributed by atoms with E-state index >= 15 is 0 Å². The van der Waals surface area contributed by atoms with Crippen LogP contribution in [0.15, 0.2) is 0 Å². The Morgan fingerprint density at radius 3 is 2.81 bits per heavy atom. The van der Waals surface area contributed by atoms with Crippen LogP contribution < -0.4 is 0 Å². The lowest BCUT2D eigenvalue weighted by atomic mass is 9.71. The maximum Gasteiger partial charge on any atom is 0.0996 e. The topological polar surface area (TPSA) is 12.5 Å². The zero-order valence-electron chi connectivity index (χ0n) is 10.5. The second kappa shape index (κ2) is 4.66. The molecule has 2 aliphatic heterocycles. The van der Waals surface area contributed by atoms with Gasteiger partial charge in [-0.05, 0) is 50.4 Å². The summed E-state index contributed by atoms with van der Waals surface area (Å²) < 4.78 is 6.06. The Morgan fingerprint density at radius 1 is 1.12 bits per heavy atom. The van der Waals surface area contributed by atoms with Crippen molar-refractivity contribution < 1.29 is 4.74 Å². The van der Waals surface area contributed by atoms with E-state index in [1.807, 2.05) is 0 Å². The summed E-state index contributed by atoms with van der Waals surface area (Å²) in [6.45, 7) is 4.47. The van der Waals surface area contributed by atoms with Crippen molar-refractivity contribution in [1.29, 1.82) is 0 Å². The van der Waals surface area contributed by atoms with Crippen LogP contribution in [0.1, 0.15) is 51.9 Å². The summed E-state index contributed by atoms with van der Waals surface area (Å²) in [6, 6.07) is 0.874. The molecule has 2 saturated heterocycles. The van der Waals surface area contributed by atoms with Crippen LogP contribution in [-0.2, 0) is 4.74 Å². The Bertz CT molecular complexity index is 241. The molecule has 0 amide bonds. The molecule has 0 aromatic rings. The Kier molecular flexibility index (Phi) is 3.21. The van der Waals surface area contributed by atoms with Gasteiger partial charge in [-0.25, -0.2) is 0 Å². The molecule has 16 heavy (non-hydrogen) atoms. The Morgan fingerprint density at radius 2 is 1.94 bits per heavy atom. The van der Waals surface area contributed by atoms with E-state index in [1.54, 1.807) is 0 Å². The molecular weight excluding hydrogens is 198 g/mol. The van der Waals surface area contributed by atoms with Gasteiger partial charge in [0.05, 0.1) is 12.8 Å². The molecule has 2 nitrogen and oxygen atoms in total. The molecule has 1 aliphatic carbocycles. The first kappa shape index (κ1) is 11.0. The van der Waals surface area contributed by atoms with Crippen molar-refractivity contribution in [2.75, 3.05) is 13.3 Å². The molecule has 1 saturated carbocycles. The van der Waals surface area contributed by atoms with Gasteiger partial charge in [0.1, 0.15) is 0 Å². The van der Waals surface area contributed by atoms with Gasteiger partial charge in [-0.2, -0.15) is 0 Å². The monoisotopic (exact) mass is 223 g/mol. The highest BCUT2D eigenvalue weighted by atomic mass is 16.5. The SMILES string of the molecule is CC[C@@H]1C[C@H]2CCC[C@H]3CCCN(CO1)[C@H]32. The molecule has 0 N–H and O–H groups in total. The Balaban J connectivity index is 1.79. The van der Waals surface area contributed by atoms with Crippen molar-refractivity contribution in [3.05, 3.63) is 0 Å². The first-order valence-corrected chi connectivity index (χ1v) is 7.24. The lowest BCUT2D eigenvalue weighted by Gasteiger charge is -2.46. The van der Waals surface area contributed by atoms with E-state index in [9.17, 15) is 0 Å². The molecule has 3 fully saturated rings. The Labute approximate surface area is 99.3 Å². The van der Waals surface area contributed by atoms with Crippen molar-refractivity contribution in [3.8, 4) is 0 Å². The number of ether oxygens (including phenoxy) is 1. The van der Waals surface area contributed by atoms with Crippen LogP contribution in [0.25, 0.3) is 0 Å². The van der Waals surface area contributed by atoms with E-state index in [0.717, 1.165) is 24.6 Å². The molecule has 3 aliphatic rings. The minimum absolute atomic E-state index is 0.536. The fourth-order valence-electron chi connectivity index (χ4n) is 4.28. The van der Waals surface area contributed by atoms with Crippen molar-refractivity contribution in [3.63, 3.8) is 0 Å². The van der Waals surface area contributed by atoms with E-state index in [-0.39, 0.29) is 0 Å². The standard InChI is InChI=1S/C14H25NO/c1-2-13-9-12-6-3-5-11-7-4-8-15(10-16-13)14(11)12/h11-14H,2-10H2,1H3/t11-,12+,13+,14+/m0/s1. The molecule has 0 bridgehead atoms. The highest BCUT2D eigenvalue weighted by Crippen LogP contribution is 2.42. The zero-order chi connectivity index (χ0) is 11.0. The number of piperidine rings is 1. The van der Waals surface area contributed by atoms with E-state index in [2.05, 4.69) is 11.8 Å². The lowest BCUT2D eigenvalue weighted by Crippen LogP contribution is -2.50. The van der Waals surface area contributed by atoms with Crippen LogP contribution in [0.2, 0.25) is 0 Å². The minimum atomic E-state index is 0.536. The van der Waals surface area contributed by atoms with Crippen molar-refractivity contribution in [2.45, 2.75) is 64.0 Å². The van der Waals surface area contributed by atoms with Gasteiger partial charge in [0.25, 0.3) is 0 Å². The normalized spacial score (nSPS) is 44.8. The predicted octanol–water partition coefficient (Wildman–Crippen LogP) is 3.02. The minimum Gasteiger partial charge on any atom is -0.363 e. The maximum atomic E-state index is 6.06. The molecule has 0 aromatic carbocycles. The number of hydrogen-bond donors (Lipinski definition) is 0. The maximum absolute atomic E-state index is 6.06. The number of nitrogens with zero attached hydrogens (tertiary/aromatic N) is 1. The molecule has 0 spiro atoms. The highest BCUT2D eigenvalue weighted by molar-refractivity contribution is 4.93. The molecule has 3 rings (SSSR count). The third-order valence-electron chi connectivity index (χ3n) is 5.05. The van der Waals surface area contributed by atoms with E-state index in [0.29, 0.717) is 6.10 Å². The van der Waals surface area contributed by atoms with Crippen LogP contribution in [0.5, 0.6) is 0 Å². The lowest BCUT2D eigenvalue weighted by molar-refractivity contribution is -0.0448. The van der Waals surface area contributed by atoms with Gasteiger partial charge in [0.2, 0.25) is 0 Å². The van der Waals surface area contributed by atoms with Crippen molar-refractivity contribution in [2.24, 2.45) is 11.8 Å². The second-order valence-electron chi connectivity index (χ2n) is 5.96. The number of hydrogen-bond acceptors (Lipinski definition) is 2. The first-order chi connectivity index (χ1) is 7.88. The van der Waals surface area contributed by atoms with E-state index < -0.39 is 0 Å². The average Bonchev–Trinajstić information content (AvgIpc) is 2.51. The zero-order valence-corrected chi connectivity index (χ0v) is 10.5. The fourth-order valence-corrected chi connectivity index (χ4v) is 4.28. The van der Waals surface area contributed by atoms with Gasteiger partial charge < -0.3 is 4.74 Å². The van der Waals surface area contributed by atoms with Crippen LogP contribution in [0.4, 0.5) is 0 Å². The van der Waals surface area contributed by atoms with Crippen LogP contribution >= 0.6 is 0 Å². The predicted molar refractivity (Wildman–Crippen MR) is 65.2 cm³/mol. The molecule has 4 atom stereocenters. The van der Waals surface area contributed by atoms with Crippen LogP contribution in [-0.4, -0.2) is 30.3 Å². The summed E-state index contributed by atoms with van der Waals surface area (Å²) in [5.41, 5.74) is 0. The molecule has 92 valence electrons. The van der Waals surface area contributed by atoms with E-state index in [4.69, 9.17) is 4.74 Å². The summed E-state index contributed by atoms with van der Waals surface area (Å²) in [5.74, 6) is 1.93. The summed E-state index contributed by atoms with van der Waals surface area (Å²) in [6.07, 6.45) is 10.3. The first-order valence-electron chi connectivity index (χ1n) is 7.24.